The number of nitrogens with zero attached hydrogens (tertiary/aromatic N) is 1. The monoisotopic (exact) mass is 196 g/mol. The van der Waals surface area contributed by atoms with Crippen molar-refractivity contribution in [2.45, 2.75) is 44.2 Å². The highest BCUT2D eigenvalue weighted by molar-refractivity contribution is 4.91. The van der Waals surface area contributed by atoms with Crippen LogP contribution in [0.3, 0.4) is 0 Å². The summed E-state index contributed by atoms with van der Waals surface area (Å²) >= 11 is 0. The van der Waals surface area contributed by atoms with E-state index in [1.807, 2.05) is 0 Å². The highest BCUT2D eigenvalue weighted by Crippen LogP contribution is 2.47. The number of rotatable bonds is 0. The molecule has 1 saturated carbocycles. The summed E-state index contributed by atoms with van der Waals surface area (Å²) in [5, 5.41) is 9.75. The smallest absolute Gasteiger partial charge is 0.0921 e. The summed E-state index contributed by atoms with van der Waals surface area (Å²) in [7, 11) is 2.45. The van der Waals surface area contributed by atoms with Gasteiger partial charge >= 0.3 is 0 Å². The molecule has 0 unspecified atom stereocenters. The average molecular weight is 196 g/mol. The lowest BCUT2D eigenvalue weighted by Gasteiger charge is -2.58. The van der Waals surface area contributed by atoms with Crippen LogP contribution in [0.1, 0.15) is 32.1 Å². The van der Waals surface area contributed by atoms with Crippen LogP contribution in [-0.2, 0) is 0 Å². The molecule has 0 aromatic rings. The number of aliphatic hydroxyl groups is 1. The molecule has 3 saturated heterocycles. The molecule has 0 amide bonds. The standard InChI is InChI=1S/C12H22NO/c1-13-6-4-9(5-7-13)11-8-10(14)2-3-12(11)13/h9-12,14H,2-8H2,1H3/q+1/t9?,10-,11-,12-,13?/m0/s1. The first-order valence-electron chi connectivity index (χ1n) is 6.21. The van der Waals surface area contributed by atoms with Crippen molar-refractivity contribution >= 4 is 0 Å². The zero-order valence-corrected chi connectivity index (χ0v) is 9.15. The van der Waals surface area contributed by atoms with Crippen LogP contribution in [0, 0.1) is 11.8 Å². The van der Waals surface area contributed by atoms with Crippen molar-refractivity contribution in [3.05, 3.63) is 0 Å². The third-order valence-corrected chi connectivity index (χ3v) is 5.26. The average Bonchev–Trinajstić information content (AvgIpc) is 2.18. The maximum atomic E-state index is 9.75. The van der Waals surface area contributed by atoms with Crippen molar-refractivity contribution in [3.63, 3.8) is 0 Å². The van der Waals surface area contributed by atoms with Gasteiger partial charge < -0.3 is 9.59 Å². The van der Waals surface area contributed by atoms with Gasteiger partial charge in [-0.05, 0) is 18.8 Å². The predicted molar refractivity (Wildman–Crippen MR) is 55.8 cm³/mol. The lowest BCUT2D eigenvalue weighted by atomic mass is 9.66. The van der Waals surface area contributed by atoms with E-state index in [1.54, 1.807) is 0 Å². The van der Waals surface area contributed by atoms with E-state index in [9.17, 15) is 5.11 Å². The Morgan fingerprint density at radius 1 is 1.07 bits per heavy atom. The van der Waals surface area contributed by atoms with Crippen LogP contribution in [-0.4, -0.2) is 41.9 Å². The van der Waals surface area contributed by atoms with Crippen LogP contribution < -0.4 is 0 Å². The number of aliphatic hydroxyl groups excluding tert-OH is 1. The first-order valence-corrected chi connectivity index (χ1v) is 6.21. The molecule has 2 bridgehead atoms. The third-order valence-electron chi connectivity index (χ3n) is 5.26. The third kappa shape index (κ3) is 1.17. The minimum atomic E-state index is 0.0170. The molecular weight excluding hydrogens is 174 g/mol. The Hall–Kier alpha value is -0.0800. The van der Waals surface area contributed by atoms with E-state index in [0.29, 0.717) is 0 Å². The van der Waals surface area contributed by atoms with E-state index in [4.69, 9.17) is 0 Å². The molecule has 4 rings (SSSR count). The number of quaternary nitrogens is 1. The molecule has 3 heterocycles. The highest BCUT2D eigenvalue weighted by Gasteiger charge is 2.52. The summed E-state index contributed by atoms with van der Waals surface area (Å²) in [5.41, 5.74) is 0. The Bertz CT molecular complexity index is 232. The lowest BCUT2D eigenvalue weighted by Crippen LogP contribution is -2.67. The predicted octanol–water partition coefficient (Wildman–Crippen LogP) is 1.39. The zero-order chi connectivity index (χ0) is 9.76. The van der Waals surface area contributed by atoms with Gasteiger partial charge in [0.2, 0.25) is 0 Å². The van der Waals surface area contributed by atoms with E-state index in [0.717, 1.165) is 30.7 Å². The molecule has 3 atom stereocenters. The van der Waals surface area contributed by atoms with Crippen LogP contribution in [0.25, 0.3) is 0 Å². The second-order valence-corrected chi connectivity index (χ2v) is 5.96. The molecule has 14 heavy (non-hydrogen) atoms. The summed E-state index contributed by atoms with van der Waals surface area (Å²) in [6, 6.07) is 0.894. The van der Waals surface area contributed by atoms with Crippen LogP contribution in [0.2, 0.25) is 0 Å². The molecule has 4 fully saturated rings. The Labute approximate surface area is 86.5 Å². The van der Waals surface area contributed by atoms with Crippen molar-refractivity contribution in [3.8, 4) is 0 Å². The molecule has 2 nitrogen and oxygen atoms in total. The van der Waals surface area contributed by atoms with E-state index in [-0.39, 0.29) is 6.10 Å². The molecule has 0 spiro atoms. The maximum absolute atomic E-state index is 9.75. The first-order chi connectivity index (χ1) is 6.69. The topological polar surface area (TPSA) is 20.2 Å². The number of piperidine rings is 3. The fourth-order valence-corrected chi connectivity index (χ4v) is 4.38. The van der Waals surface area contributed by atoms with Crippen LogP contribution in [0.5, 0.6) is 0 Å². The zero-order valence-electron chi connectivity index (χ0n) is 9.15. The van der Waals surface area contributed by atoms with Gasteiger partial charge in [-0.1, -0.05) is 0 Å². The Kier molecular flexibility index (Phi) is 1.94. The van der Waals surface area contributed by atoms with E-state index in [2.05, 4.69) is 7.05 Å². The molecular formula is C12H22NO+. The summed E-state index contributed by atoms with van der Waals surface area (Å²) in [4.78, 5) is 0. The van der Waals surface area contributed by atoms with Gasteiger partial charge in [-0.25, -0.2) is 0 Å². The number of hydrogen-bond donors (Lipinski definition) is 1. The largest absolute Gasteiger partial charge is 0.393 e. The minimum Gasteiger partial charge on any atom is -0.393 e. The first kappa shape index (κ1) is 9.17. The molecule has 0 aromatic carbocycles. The fourth-order valence-electron chi connectivity index (χ4n) is 4.38. The molecule has 0 aromatic heterocycles. The molecule has 2 heteroatoms. The molecule has 1 N–H and O–H groups in total. The van der Waals surface area contributed by atoms with Gasteiger partial charge in [-0.3, -0.25) is 0 Å². The molecule has 0 radical (unpaired) electrons. The van der Waals surface area contributed by atoms with Crippen molar-refractivity contribution < 1.29 is 9.59 Å². The van der Waals surface area contributed by atoms with E-state index in [1.165, 1.54) is 36.8 Å². The van der Waals surface area contributed by atoms with Crippen molar-refractivity contribution in [2.75, 3.05) is 20.1 Å². The summed E-state index contributed by atoms with van der Waals surface area (Å²) in [6.07, 6.45) is 6.29. The Balaban J connectivity index is 1.87. The molecule has 3 aliphatic heterocycles. The van der Waals surface area contributed by atoms with Crippen molar-refractivity contribution in [2.24, 2.45) is 11.8 Å². The maximum Gasteiger partial charge on any atom is 0.0921 e. The molecule has 1 aliphatic carbocycles. The van der Waals surface area contributed by atoms with E-state index >= 15 is 0 Å². The molecule has 80 valence electrons. The SMILES string of the molecule is C[N+]12CCC(CC1)[C@@H]1C[C@@H](O)CC[C@@H]12. The van der Waals surface area contributed by atoms with Crippen LogP contribution in [0.4, 0.5) is 0 Å². The summed E-state index contributed by atoms with van der Waals surface area (Å²) < 4.78 is 1.33. The minimum absolute atomic E-state index is 0.0170. The van der Waals surface area contributed by atoms with Gasteiger partial charge in [-0.2, -0.15) is 0 Å². The van der Waals surface area contributed by atoms with Gasteiger partial charge in [0.1, 0.15) is 0 Å². The Morgan fingerprint density at radius 2 is 1.79 bits per heavy atom. The highest BCUT2D eigenvalue weighted by atomic mass is 16.3. The van der Waals surface area contributed by atoms with Crippen LogP contribution >= 0.6 is 0 Å². The van der Waals surface area contributed by atoms with Gasteiger partial charge in [0.25, 0.3) is 0 Å². The Morgan fingerprint density at radius 3 is 2.50 bits per heavy atom. The summed E-state index contributed by atoms with van der Waals surface area (Å²) in [5.74, 6) is 1.81. The van der Waals surface area contributed by atoms with Gasteiger partial charge in [0.15, 0.2) is 0 Å². The van der Waals surface area contributed by atoms with Gasteiger partial charge in [0.05, 0.1) is 32.3 Å². The van der Waals surface area contributed by atoms with E-state index < -0.39 is 0 Å². The van der Waals surface area contributed by atoms with Crippen molar-refractivity contribution in [1.82, 2.24) is 0 Å². The van der Waals surface area contributed by atoms with Gasteiger partial charge in [-0.15, -0.1) is 0 Å². The van der Waals surface area contributed by atoms with Gasteiger partial charge in [0, 0.05) is 25.2 Å². The second-order valence-electron chi connectivity index (χ2n) is 5.96. The summed E-state index contributed by atoms with van der Waals surface area (Å²) in [6.45, 7) is 2.81. The van der Waals surface area contributed by atoms with Crippen molar-refractivity contribution in [1.29, 1.82) is 0 Å². The quantitative estimate of drug-likeness (QED) is 0.580. The number of fused-ring (bicyclic) bond motifs is 2. The fraction of sp³-hybridized carbons (Fsp3) is 1.00. The molecule has 4 aliphatic rings. The lowest BCUT2D eigenvalue weighted by molar-refractivity contribution is -0.955. The second kappa shape index (κ2) is 2.96. The number of hydrogen-bond acceptors (Lipinski definition) is 1. The van der Waals surface area contributed by atoms with Crippen LogP contribution in [0.15, 0.2) is 0 Å². The normalized spacial score (nSPS) is 57.0.